The summed E-state index contributed by atoms with van der Waals surface area (Å²) in [5.74, 6) is -1.28. The Morgan fingerprint density at radius 2 is 2.10 bits per heavy atom. The fourth-order valence-electron chi connectivity index (χ4n) is 2.31. The second kappa shape index (κ2) is 5.27. The van der Waals surface area contributed by atoms with Crippen molar-refractivity contribution >= 4 is 17.7 Å². The minimum absolute atomic E-state index is 0.0462. The number of fused-ring (bicyclic) bond motifs is 1. The van der Waals surface area contributed by atoms with Crippen molar-refractivity contribution in [1.82, 2.24) is 4.90 Å². The number of carbonyl (C=O) groups excluding carboxylic acids is 1. The van der Waals surface area contributed by atoms with E-state index < -0.39 is 34.5 Å². The normalized spacial score (nSPS) is 17.0. The molecule has 1 atom stereocenters. The molecule has 21 heavy (non-hydrogen) atoms. The first kappa shape index (κ1) is 14.6. The van der Waals surface area contributed by atoms with Gasteiger partial charge in [-0.2, -0.15) is 0 Å². The summed E-state index contributed by atoms with van der Waals surface area (Å²) in [5.41, 5.74) is 0.370. The highest BCUT2D eigenvalue weighted by molar-refractivity contribution is 5.82. The van der Waals surface area contributed by atoms with Gasteiger partial charge in [0.25, 0.3) is 0 Å². The number of amides is 1. The lowest BCUT2D eigenvalue weighted by molar-refractivity contribution is -0.386. The van der Waals surface area contributed by atoms with Gasteiger partial charge in [0.1, 0.15) is 6.04 Å². The highest BCUT2D eigenvalue weighted by Crippen LogP contribution is 2.34. The summed E-state index contributed by atoms with van der Waals surface area (Å²) in [6.07, 6.45) is -1.36. The molecule has 1 amide bonds. The molecule has 0 saturated heterocycles. The number of rotatable bonds is 2. The van der Waals surface area contributed by atoms with Crippen LogP contribution in [0.4, 0.5) is 10.5 Å². The molecule has 0 saturated carbocycles. The van der Waals surface area contributed by atoms with Crippen molar-refractivity contribution in [2.24, 2.45) is 0 Å². The third-order valence-corrected chi connectivity index (χ3v) is 3.34. The van der Waals surface area contributed by atoms with E-state index in [4.69, 9.17) is 5.11 Å². The zero-order chi connectivity index (χ0) is 15.7. The number of phenols is 1. The van der Waals surface area contributed by atoms with Crippen molar-refractivity contribution in [2.75, 3.05) is 7.11 Å². The number of phenolic OH excluding ortho intramolecular Hbond substituents is 1. The molecule has 9 nitrogen and oxygen atoms in total. The predicted molar refractivity (Wildman–Crippen MR) is 67.8 cm³/mol. The van der Waals surface area contributed by atoms with Crippen molar-refractivity contribution in [1.29, 1.82) is 0 Å². The number of methoxy groups -OCH3 is 1. The zero-order valence-corrected chi connectivity index (χ0v) is 11.0. The Balaban J connectivity index is 2.47. The molecule has 9 heteroatoms. The number of esters is 1. The van der Waals surface area contributed by atoms with E-state index in [-0.39, 0.29) is 13.0 Å². The maximum Gasteiger partial charge on any atom is 0.408 e. The van der Waals surface area contributed by atoms with Crippen LogP contribution in [0.15, 0.2) is 12.1 Å². The van der Waals surface area contributed by atoms with Gasteiger partial charge in [-0.3, -0.25) is 15.0 Å². The van der Waals surface area contributed by atoms with Gasteiger partial charge in [0, 0.05) is 12.5 Å². The van der Waals surface area contributed by atoms with Gasteiger partial charge in [-0.25, -0.2) is 9.59 Å². The molecule has 1 aliphatic heterocycles. The van der Waals surface area contributed by atoms with E-state index >= 15 is 0 Å². The van der Waals surface area contributed by atoms with Gasteiger partial charge < -0.3 is 14.9 Å². The third kappa shape index (κ3) is 2.57. The van der Waals surface area contributed by atoms with Crippen LogP contribution in [-0.2, 0) is 22.5 Å². The Hall–Kier alpha value is -2.84. The lowest BCUT2D eigenvalue weighted by Gasteiger charge is -2.32. The van der Waals surface area contributed by atoms with Crippen molar-refractivity contribution in [3.8, 4) is 5.75 Å². The van der Waals surface area contributed by atoms with Crippen LogP contribution in [0, 0.1) is 10.1 Å². The highest BCUT2D eigenvalue weighted by atomic mass is 16.6. The zero-order valence-electron chi connectivity index (χ0n) is 11.0. The molecule has 2 N–H and O–H groups in total. The van der Waals surface area contributed by atoms with Crippen LogP contribution < -0.4 is 0 Å². The van der Waals surface area contributed by atoms with E-state index in [0.29, 0.717) is 11.1 Å². The average molecular weight is 296 g/mol. The molecule has 1 aliphatic rings. The van der Waals surface area contributed by atoms with Crippen LogP contribution in [0.2, 0.25) is 0 Å². The monoisotopic (exact) mass is 296 g/mol. The number of carboxylic acid groups (broad SMARTS) is 1. The van der Waals surface area contributed by atoms with Crippen molar-refractivity contribution in [2.45, 2.75) is 19.0 Å². The number of hydrogen-bond donors (Lipinski definition) is 2. The molecule has 1 heterocycles. The molecule has 0 aliphatic carbocycles. The Morgan fingerprint density at radius 3 is 2.62 bits per heavy atom. The largest absolute Gasteiger partial charge is 0.502 e. The first-order valence-corrected chi connectivity index (χ1v) is 5.91. The summed E-state index contributed by atoms with van der Waals surface area (Å²) in [4.78, 5) is 33.8. The van der Waals surface area contributed by atoms with Gasteiger partial charge >= 0.3 is 17.7 Å². The SMILES string of the molecule is COC(=O)[C@@H]1Cc2cc([N+](=O)[O-])c(O)cc2CN1C(=O)O. The van der Waals surface area contributed by atoms with E-state index in [1.165, 1.54) is 0 Å². The number of hydrogen-bond acceptors (Lipinski definition) is 6. The molecule has 0 unspecified atom stereocenters. The van der Waals surface area contributed by atoms with E-state index in [1.54, 1.807) is 0 Å². The Labute approximate surface area is 118 Å². The third-order valence-electron chi connectivity index (χ3n) is 3.34. The van der Waals surface area contributed by atoms with Gasteiger partial charge in [0.2, 0.25) is 0 Å². The van der Waals surface area contributed by atoms with E-state index in [0.717, 1.165) is 24.1 Å². The fourth-order valence-corrected chi connectivity index (χ4v) is 2.31. The van der Waals surface area contributed by atoms with Crippen molar-refractivity contribution in [3.05, 3.63) is 33.4 Å². The molecule has 1 aromatic carbocycles. The summed E-state index contributed by atoms with van der Waals surface area (Å²) in [6.45, 7) is -0.157. The summed E-state index contributed by atoms with van der Waals surface area (Å²) < 4.78 is 4.56. The smallest absolute Gasteiger partial charge is 0.408 e. The lowest BCUT2D eigenvalue weighted by atomic mass is 9.93. The topological polar surface area (TPSA) is 130 Å². The number of nitrogens with zero attached hydrogens (tertiary/aromatic N) is 2. The Kier molecular flexibility index (Phi) is 3.66. The number of aromatic hydroxyl groups is 1. The van der Waals surface area contributed by atoms with Crippen LogP contribution in [0.5, 0.6) is 5.75 Å². The summed E-state index contributed by atoms with van der Waals surface area (Å²) in [7, 11) is 1.14. The number of nitro groups is 1. The molecule has 112 valence electrons. The Bertz CT molecular complexity index is 628. The van der Waals surface area contributed by atoms with E-state index in [2.05, 4.69) is 4.74 Å². The number of nitro benzene ring substituents is 1. The molecule has 0 fully saturated rings. The molecule has 1 aromatic rings. The van der Waals surface area contributed by atoms with Gasteiger partial charge in [-0.15, -0.1) is 0 Å². The van der Waals surface area contributed by atoms with Crippen LogP contribution in [-0.4, -0.2) is 45.3 Å². The van der Waals surface area contributed by atoms with Crippen LogP contribution in [0.3, 0.4) is 0 Å². The molecule has 2 rings (SSSR count). The molecule has 0 bridgehead atoms. The maximum absolute atomic E-state index is 11.7. The van der Waals surface area contributed by atoms with Crippen LogP contribution >= 0.6 is 0 Å². The predicted octanol–water partition coefficient (Wildman–Crippen LogP) is 0.878. The van der Waals surface area contributed by atoms with E-state index in [1.807, 2.05) is 0 Å². The summed E-state index contributed by atoms with van der Waals surface area (Å²) >= 11 is 0. The molecule has 0 radical (unpaired) electrons. The molecular weight excluding hydrogens is 284 g/mol. The second-order valence-electron chi connectivity index (χ2n) is 4.52. The van der Waals surface area contributed by atoms with Gasteiger partial charge in [-0.05, 0) is 17.2 Å². The first-order valence-electron chi connectivity index (χ1n) is 5.91. The van der Waals surface area contributed by atoms with Crippen molar-refractivity contribution < 1.29 is 29.5 Å². The van der Waals surface area contributed by atoms with E-state index in [9.17, 15) is 24.8 Å². The summed E-state index contributed by atoms with van der Waals surface area (Å²) in [6, 6.07) is 1.24. The number of ether oxygens (including phenoxy) is 1. The van der Waals surface area contributed by atoms with Gasteiger partial charge in [0.15, 0.2) is 5.75 Å². The summed E-state index contributed by atoms with van der Waals surface area (Å²) in [5, 5.41) is 29.5. The standard InChI is InChI=1S/C12H12N2O7/c1-21-11(16)9-3-6-2-8(14(19)20)10(15)4-7(6)5-13(9)12(17)18/h2,4,9,15H,3,5H2,1H3,(H,17,18)/t9-/m0/s1. The molecular formula is C12H12N2O7. The average Bonchev–Trinajstić information content (AvgIpc) is 2.43. The van der Waals surface area contributed by atoms with Crippen LogP contribution in [0.1, 0.15) is 11.1 Å². The number of benzene rings is 1. The maximum atomic E-state index is 11.7. The molecule has 0 aromatic heterocycles. The highest BCUT2D eigenvalue weighted by Gasteiger charge is 2.36. The first-order chi connectivity index (χ1) is 9.85. The minimum Gasteiger partial charge on any atom is -0.502 e. The van der Waals surface area contributed by atoms with Crippen molar-refractivity contribution in [3.63, 3.8) is 0 Å². The lowest BCUT2D eigenvalue weighted by Crippen LogP contribution is -2.48. The van der Waals surface area contributed by atoms with Gasteiger partial charge in [-0.1, -0.05) is 0 Å². The fraction of sp³-hybridized carbons (Fsp3) is 0.333. The second-order valence-corrected chi connectivity index (χ2v) is 4.52. The minimum atomic E-state index is -1.31. The number of carbonyl (C=O) groups is 2. The molecule has 0 spiro atoms. The van der Waals surface area contributed by atoms with Crippen LogP contribution in [0.25, 0.3) is 0 Å². The quantitative estimate of drug-likeness (QED) is 0.470. The van der Waals surface area contributed by atoms with Gasteiger partial charge in [0.05, 0.1) is 18.6 Å². The Morgan fingerprint density at radius 1 is 1.43 bits per heavy atom.